The van der Waals surface area contributed by atoms with Crippen LogP contribution in [0.2, 0.25) is 0 Å². The lowest BCUT2D eigenvalue weighted by atomic mass is 10.3. The van der Waals surface area contributed by atoms with Crippen LogP contribution in [-0.2, 0) is 9.59 Å². The number of rotatable bonds is 1. The van der Waals surface area contributed by atoms with Gasteiger partial charge in [0, 0.05) is 15.2 Å². The molecule has 1 aromatic rings. The number of imide groups is 1. The van der Waals surface area contributed by atoms with Crippen LogP contribution in [0.1, 0.15) is 6.92 Å². The normalized spacial score (nSPS) is 15.9. The van der Waals surface area contributed by atoms with Crippen LogP contribution in [0.15, 0.2) is 35.9 Å². The summed E-state index contributed by atoms with van der Waals surface area (Å²) < 4.78 is 0.889. The van der Waals surface area contributed by atoms with Crippen LogP contribution >= 0.6 is 22.6 Å². The van der Waals surface area contributed by atoms with Crippen molar-refractivity contribution in [3.05, 3.63) is 39.5 Å². The van der Waals surface area contributed by atoms with Crippen molar-refractivity contribution >= 4 is 40.1 Å². The molecule has 2 rings (SSSR count). The average Bonchev–Trinajstić information content (AvgIpc) is 2.43. The molecule has 0 spiro atoms. The van der Waals surface area contributed by atoms with Gasteiger partial charge in [0.15, 0.2) is 0 Å². The Morgan fingerprint density at radius 2 is 1.87 bits per heavy atom. The second-order valence-electron chi connectivity index (χ2n) is 3.26. The molecule has 1 aromatic carbocycles. The van der Waals surface area contributed by atoms with E-state index < -0.39 is 0 Å². The summed E-state index contributed by atoms with van der Waals surface area (Å²) in [6, 6.07) is 7.32. The number of carbonyl (C=O) groups is 2. The van der Waals surface area contributed by atoms with Gasteiger partial charge in [0.1, 0.15) is 0 Å². The minimum atomic E-state index is -0.262. The Balaban J connectivity index is 2.47. The first-order chi connectivity index (χ1) is 7.11. The highest BCUT2D eigenvalue weighted by atomic mass is 127. The van der Waals surface area contributed by atoms with Crippen molar-refractivity contribution in [2.24, 2.45) is 0 Å². The van der Waals surface area contributed by atoms with Gasteiger partial charge < -0.3 is 0 Å². The van der Waals surface area contributed by atoms with E-state index in [0.29, 0.717) is 11.3 Å². The largest absolute Gasteiger partial charge is 0.269 e. The summed E-state index contributed by atoms with van der Waals surface area (Å²) in [5.74, 6) is -0.495. The van der Waals surface area contributed by atoms with E-state index in [0.717, 1.165) is 3.57 Å². The van der Waals surface area contributed by atoms with E-state index >= 15 is 0 Å². The molecule has 0 bridgehead atoms. The first-order valence-electron chi connectivity index (χ1n) is 4.42. The second kappa shape index (κ2) is 3.77. The number of hydrogen-bond donors (Lipinski definition) is 0. The molecule has 1 aliphatic heterocycles. The smallest absolute Gasteiger partial charge is 0.261 e. The fourth-order valence-corrected chi connectivity index (χ4v) is 2.08. The number of para-hydroxylation sites is 1. The Morgan fingerprint density at radius 1 is 1.20 bits per heavy atom. The number of halogens is 1. The monoisotopic (exact) mass is 313 g/mol. The molecule has 15 heavy (non-hydrogen) atoms. The molecule has 0 unspecified atom stereocenters. The zero-order valence-corrected chi connectivity index (χ0v) is 10.2. The zero-order chi connectivity index (χ0) is 11.0. The van der Waals surface area contributed by atoms with Gasteiger partial charge in [-0.3, -0.25) is 9.59 Å². The minimum Gasteiger partial charge on any atom is -0.269 e. The lowest BCUT2D eigenvalue weighted by Gasteiger charge is -2.15. The van der Waals surface area contributed by atoms with Crippen LogP contribution < -0.4 is 4.90 Å². The fraction of sp³-hybridized carbons (Fsp3) is 0.0909. The molecule has 1 aliphatic rings. The summed E-state index contributed by atoms with van der Waals surface area (Å²) in [4.78, 5) is 24.5. The Morgan fingerprint density at radius 3 is 2.40 bits per heavy atom. The van der Waals surface area contributed by atoms with E-state index in [2.05, 4.69) is 22.6 Å². The summed E-state index contributed by atoms with van der Waals surface area (Å²) in [5.41, 5.74) is 1.14. The van der Waals surface area contributed by atoms with Gasteiger partial charge in [-0.05, 0) is 41.6 Å². The molecule has 0 aliphatic carbocycles. The number of amides is 2. The average molecular weight is 313 g/mol. The molecule has 2 amide bonds. The third-order valence-corrected chi connectivity index (χ3v) is 3.11. The van der Waals surface area contributed by atoms with Crippen LogP contribution in [0.4, 0.5) is 5.69 Å². The highest BCUT2D eigenvalue weighted by Gasteiger charge is 2.30. The first-order valence-corrected chi connectivity index (χ1v) is 5.50. The Labute approximate surface area is 101 Å². The molecule has 0 N–H and O–H groups in total. The van der Waals surface area contributed by atoms with Gasteiger partial charge in [-0.1, -0.05) is 12.1 Å². The predicted molar refractivity (Wildman–Crippen MR) is 65.4 cm³/mol. The number of carbonyl (C=O) groups excluding carboxylic acids is 2. The van der Waals surface area contributed by atoms with Crippen molar-refractivity contribution in [1.82, 2.24) is 0 Å². The van der Waals surface area contributed by atoms with E-state index in [1.54, 1.807) is 13.0 Å². The first kappa shape index (κ1) is 10.4. The zero-order valence-electron chi connectivity index (χ0n) is 8.03. The van der Waals surface area contributed by atoms with E-state index in [1.807, 2.05) is 18.2 Å². The molecule has 3 nitrogen and oxygen atoms in total. The molecule has 0 saturated carbocycles. The van der Waals surface area contributed by atoms with Crippen molar-refractivity contribution in [1.29, 1.82) is 0 Å². The van der Waals surface area contributed by atoms with Gasteiger partial charge in [0.25, 0.3) is 11.8 Å². The molecule has 0 radical (unpaired) electrons. The molecule has 1 heterocycles. The molecule has 0 saturated heterocycles. The SMILES string of the molecule is CC1=CC(=O)N(c2ccccc2I)C1=O. The summed E-state index contributed by atoms with van der Waals surface area (Å²) >= 11 is 2.11. The standard InChI is InChI=1S/C11H8INO2/c1-7-6-10(14)13(11(7)15)9-5-3-2-4-8(9)12/h2-6H,1H3. The Bertz CT molecular complexity index is 479. The van der Waals surface area contributed by atoms with Crippen LogP contribution in [-0.4, -0.2) is 11.8 Å². The third-order valence-electron chi connectivity index (χ3n) is 2.19. The topological polar surface area (TPSA) is 37.4 Å². The summed E-state index contributed by atoms with van der Waals surface area (Å²) in [6.45, 7) is 1.65. The molecule has 0 atom stereocenters. The molecular weight excluding hydrogens is 305 g/mol. The molecular formula is C11H8INO2. The van der Waals surface area contributed by atoms with E-state index in [-0.39, 0.29) is 11.8 Å². The van der Waals surface area contributed by atoms with Crippen molar-refractivity contribution < 1.29 is 9.59 Å². The lowest BCUT2D eigenvalue weighted by Crippen LogP contribution is -2.31. The van der Waals surface area contributed by atoms with Crippen molar-refractivity contribution in [2.75, 3.05) is 4.90 Å². The lowest BCUT2D eigenvalue weighted by molar-refractivity contribution is -0.120. The molecule has 0 aromatic heterocycles. The molecule has 76 valence electrons. The van der Waals surface area contributed by atoms with Gasteiger partial charge >= 0.3 is 0 Å². The summed E-state index contributed by atoms with van der Waals surface area (Å²) in [6.07, 6.45) is 1.37. The fourth-order valence-electron chi connectivity index (χ4n) is 1.45. The quantitative estimate of drug-likeness (QED) is 0.588. The van der Waals surface area contributed by atoms with Gasteiger partial charge in [-0.2, -0.15) is 0 Å². The maximum Gasteiger partial charge on any atom is 0.261 e. The number of hydrogen-bond acceptors (Lipinski definition) is 2. The van der Waals surface area contributed by atoms with Crippen LogP contribution in [0, 0.1) is 3.57 Å². The van der Waals surface area contributed by atoms with Gasteiger partial charge in [0.05, 0.1) is 5.69 Å². The van der Waals surface area contributed by atoms with E-state index in [9.17, 15) is 9.59 Å². The van der Waals surface area contributed by atoms with Crippen LogP contribution in [0.5, 0.6) is 0 Å². The van der Waals surface area contributed by atoms with Gasteiger partial charge in [-0.25, -0.2) is 4.90 Å². The highest BCUT2D eigenvalue weighted by Crippen LogP contribution is 2.26. The third kappa shape index (κ3) is 1.69. The summed E-state index contributed by atoms with van der Waals surface area (Å²) in [7, 11) is 0. The van der Waals surface area contributed by atoms with Gasteiger partial charge in [0.2, 0.25) is 0 Å². The Hall–Kier alpha value is -1.17. The Kier molecular flexibility index (Phi) is 2.60. The second-order valence-corrected chi connectivity index (χ2v) is 4.42. The van der Waals surface area contributed by atoms with Gasteiger partial charge in [-0.15, -0.1) is 0 Å². The molecule has 4 heteroatoms. The maximum atomic E-state index is 11.7. The number of nitrogens with zero attached hydrogens (tertiary/aromatic N) is 1. The number of anilines is 1. The van der Waals surface area contributed by atoms with E-state index in [4.69, 9.17) is 0 Å². The highest BCUT2D eigenvalue weighted by molar-refractivity contribution is 14.1. The van der Waals surface area contributed by atoms with Crippen molar-refractivity contribution in [2.45, 2.75) is 6.92 Å². The maximum absolute atomic E-state index is 11.7. The van der Waals surface area contributed by atoms with Crippen LogP contribution in [0.25, 0.3) is 0 Å². The van der Waals surface area contributed by atoms with Crippen molar-refractivity contribution in [3.8, 4) is 0 Å². The van der Waals surface area contributed by atoms with Crippen LogP contribution in [0.3, 0.4) is 0 Å². The predicted octanol–water partition coefficient (Wildman–Crippen LogP) is 2.11. The van der Waals surface area contributed by atoms with Crippen molar-refractivity contribution in [3.63, 3.8) is 0 Å². The minimum absolute atomic E-state index is 0.232. The molecule has 0 fully saturated rings. The summed E-state index contributed by atoms with van der Waals surface area (Å²) in [5, 5.41) is 0. The number of benzene rings is 1. The van der Waals surface area contributed by atoms with E-state index in [1.165, 1.54) is 11.0 Å².